The molecular weight excluding hydrogens is 160 g/mol. The largest absolute Gasteiger partial charge is 0.384 e. The molecule has 1 aromatic carbocycles. The van der Waals surface area contributed by atoms with Gasteiger partial charge in [0.1, 0.15) is 6.61 Å². The van der Waals surface area contributed by atoms with Gasteiger partial charge in [0.25, 0.3) is 0 Å². The van der Waals surface area contributed by atoms with Gasteiger partial charge in [-0.3, -0.25) is 0 Å². The molecule has 0 saturated carbocycles. The molecule has 0 radical (unpaired) electrons. The van der Waals surface area contributed by atoms with E-state index in [1.165, 1.54) is 11.1 Å². The van der Waals surface area contributed by atoms with E-state index in [0.717, 1.165) is 12.0 Å². The summed E-state index contributed by atoms with van der Waals surface area (Å²) in [6.07, 6.45) is 5.21. The van der Waals surface area contributed by atoms with Crippen LogP contribution in [0.25, 0.3) is 6.08 Å². The van der Waals surface area contributed by atoms with Crippen LogP contribution in [0.2, 0.25) is 0 Å². The molecule has 13 heavy (non-hydrogen) atoms. The minimum Gasteiger partial charge on any atom is -0.384 e. The Balaban J connectivity index is 2.44. The number of fused-ring (bicyclic) bond motifs is 1. The summed E-state index contributed by atoms with van der Waals surface area (Å²) in [5.74, 6) is 5.63. The predicted molar refractivity (Wildman–Crippen MR) is 53.1 cm³/mol. The van der Waals surface area contributed by atoms with E-state index < -0.39 is 0 Å². The van der Waals surface area contributed by atoms with Crippen LogP contribution in [0.3, 0.4) is 0 Å². The molecular formula is C12H10O. The smallest absolute Gasteiger partial charge is 0.104 e. The van der Waals surface area contributed by atoms with E-state index in [1.807, 2.05) is 12.1 Å². The first kappa shape index (κ1) is 8.10. The van der Waals surface area contributed by atoms with Crippen LogP contribution >= 0.6 is 0 Å². The van der Waals surface area contributed by atoms with Crippen LogP contribution in [0.1, 0.15) is 16.7 Å². The first-order chi connectivity index (χ1) is 6.42. The Labute approximate surface area is 77.7 Å². The molecule has 0 bridgehead atoms. The van der Waals surface area contributed by atoms with E-state index in [-0.39, 0.29) is 6.61 Å². The highest BCUT2D eigenvalue weighted by molar-refractivity contribution is 5.64. The van der Waals surface area contributed by atoms with Crippen LogP contribution in [0.15, 0.2) is 24.3 Å². The van der Waals surface area contributed by atoms with Gasteiger partial charge in [-0.15, -0.1) is 0 Å². The van der Waals surface area contributed by atoms with Crippen molar-refractivity contribution in [2.24, 2.45) is 0 Å². The van der Waals surface area contributed by atoms with Gasteiger partial charge >= 0.3 is 0 Å². The van der Waals surface area contributed by atoms with Crippen molar-refractivity contribution in [2.75, 3.05) is 6.61 Å². The average Bonchev–Trinajstić information content (AvgIpc) is 2.62. The standard InChI is InChI=1S/C12H10O/c13-9-3-7-11-5-1-4-10-6-2-8-12(10)11/h1-2,4-6,13H,8-9H2. The van der Waals surface area contributed by atoms with E-state index in [1.54, 1.807) is 0 Å². The van der Waals surface area contributed by atoms with E-state index in [2.05, 4.69) is 30.1 Å². The van der Waals surface area contributed by atoms with E-state index in [4.69, 9.17) is 5.11 Å². The SMILES string of the molecule is OCC#Cc1cccc2c1CC=C2. The summed E-state index contributed by atoms with van der Waals surface area (Å²) in [5, 5.41) is 8.59. The lowest BCUT2D eigenvalue weighted by atomic mass is 10.0. The number of benzene rings is 1. The van der Waals surface area contributed by atoms with Crippen molar-refractivity contribution in [3.05, 3.63) is 41.0 Å². The Morgan fingerprint density at radius 2 is 2.31 bits per heavy atom. The minimum atomic E-state index is -0.0723. The zero-order chi connectivity index (χ0) is 9.10. The van der Waals surface area contributed by atoms with Gasteiger partial charge in [0.15, 0.2) is 0 Å². The third kappa shape index (κ3) is 1.49. The monoisotopic (exact) mass is 170 g/mol. The lowest BCUT2D eigenvalue weighted by Gasteiger charge is -2.00. The summed E-state index contributed by atoms with van der Waals surface area (Å²) in [6.45, 7) is -0.0723. The highest BCUT2D eigenvalue weighted by Gasteiger charge is 2.07. The van der Waals surface area contributed by atoms with E-state index in [0.29, 0.717) is 0 Å². The van der Waals surface area contributed by atoms with Crippen LogP contribution in [-0.2, 0) is 6.42 Å². The van der Waals surface area contributed by atoms with Crippen LogP contribution in [0.4, 0.5) is 0 Å². The molecule has 0 fully saturated rings. The molecule has 1 N–H and O–H groups in total. The van der Waals surface area contributed by atoms with Crippen LogP contribution in [0, 0.1) is 11.8 Å². The fourth-order valence-corrected chi connectivity index (χ4v) is 1.54. The zero-order valence-electron chi connectivity index (χ0n) is 7.25. The molecule has 1 aliphatic carbocycles. The third-order valence-electron chi connectivity index (χ3n) is 2.13. The lowest BCUT2D eigenvalue weighted by molar-refractivity contribution is 0.350. The molecule has 1 heteroatoms. The van der Waals surface area contributed by atoms with E-state index >= 15 is 0 Å². The normalized spacial score (nSPS) is 12.1. The van der Waals surface area contributed by atoms with Crippen molar-refractivity contribution in [1.82, 2.24) is 0 Å². The fraction of sp³-hybridized carbons (Fsp3) is 0.167. The maximum atomic E-state index is 8.59. The number of hydrogen-bond donors (Lipinski definition) is 1. The van der Waals surface area contributed by atoms with Gasteiger partial charge in [0.05, 0.1) is 0 Å². The minimum absolute atomic E-state index is 0.0723. The summed E-state index contributed by atoms with van der Waals surface area (Å²) >= 11 is 0. The molecule has 64 valence electrons. The van der Waals surface area contributed by atoms with Crippen molar-refractivity contribution in [1.29, 1.82) is 0 Å². The molecule has 0 atom stereocenters. The van der Waals surface area contributed by atoms with Crippen LogP contribution < -0.4 is 0 Å². The van der Waals surface area contributed by atoms with Gasteiger partial charge in [-0.1, -0.05) is 36.1 Å². The molecule has 0 amide bonds. The molecule has 1 aromatic rings. The van der Waals surface area contributed by atoms with Gasteiger partial charge in [0.2, 0.25) is 0 Å². The third-order valence-corrected chi connectivity index (χ3v) is 2.13. The van der Waals surface area contributed by atoms with E-state index in [9.17, 15) is 0 Å². The lowest BCUT2D eigenvalue weighted by Crippen LogP contribution is -1.88. The second-order valence-corrected chi connectivity index (χ2v) is 2.94. The summed E-state index contributed by atoms with van der Waals surface area (Å²) in [7, 11) is 0. The first-order valence-corrected chi connectivity index (χ1v) is 4.30. The maximum Gasteiger partial charge on any atom is 0.104 e. The van der Waals surface area contributed by atoms with Gasteiger partial charge < -0.3 is 5.11 Å². The molecule has 0 aromatic heterocycles. The topological polar surface area (TPSA) is 20.2 Å². The number of aliphatic hydroxyl groups excluding tert-OH is 1. The number of rotatable bonds is 0. The Morgan fingerprint density at radius 3 is 3.15 bits per heavy atom. The molecule has 0 spiro atoms. The Bertz CT molecular complexity index is 405. The van der Waals surface area contributed by atoms with Crippen molar-refractivity contribution < 1.29 is 5.11 Å². The molecule has 0 heterocycles. The molecule has 0 aliphatic heterocycles. The maximum absolute atomic E-state index is 8.59. The highest BCUT2D eigenvalue weighted by Crippen LogP contribution is 2.22. The van der Waals surface area contributed by atoms with Crippen molar-refractivity contribution in [2.45, 2.75) is 6.42 Å². The fourth-order valence-electron chi connectivity index (χ4n) is 1.54. The predicted octanol–water partition coefficient (Wildman–Crippen LogP) is 1.60. The quantitative estimate of drug-likeness (QED) is 0.586. The summed E-state index contributed by atoms with van der Waals surface area (Å²) < 4.78 is 0. The van der Waals surface area contributed by atoms with Gasteiger partial charge in [-0.2, -0.15) is 0 Å². The summed E-state index contributed by atoms with van der Waals surface area (Å²) in [4.78, 5) is 0. The second-order valence-electron chi connectivity index (χ2n) is 2.94. The summed E-state index contributed by atoms with van der Waals surface area (Å²) in [6, 6.07) is 6.08. The number of allylic oxidation sites excluding steroid dienone is 1. The summed E-state index contributed by atoms with van der Waals surface area (Å²) in [5.41, 5.74) is 3.57. The van der Waals surface area contributed by atoms with Crippen molar-refractivity contribution in [3.8, 4) is 11.8 Å². The second kappa shape index (κ2) is 3.47. The van der Waals surface area contributed by atoms with Crippen LogP contribution in [0.5, 0.6) is 0 Å². The molecule has 0 saturated heterocycles. The Kier molecular flexibility index (Phi) is 2.16. The molecule has 0 unspecified atom stereocenters. The first-order valence-electron chi connectivity index (χ1n) is 4.30. The molecule has 1 nitrogen and oxygen atoms in total. The number of aliphatic hydroxyl groups is 1. The van der Waals surface area contributed by atoms with Crippen LogP contribution in [-0.4, -0.2) is 11.7 Å². The average molecular weight is 170 g/mol. The van der Waals surface area contributed by atoms with Crippen molar-refractivity contribution >= 4 is 6.08 Å². The van der Waals surface area contributed by atoms with Gasteiger partial charge in [0, 0.05) is 5.56 Å². The molecule has 1 aliphatic rings. The number of hydrogen-bond acceptors (Lipinski definition) is 1. The van der Waals surface area contributed by atoms with Crippen molar-refractivity contribution in [3.63, 3.8) is 0 Å². The zero-order valence-corrected chi connectivity index (χ0v) is 7.25. The highest BCUT2D eigenvalue weighted by atomic mass is 16.2. The Hall–Kier alpha value is -1.52. The van der Waals surface area contributed by atoms with Gasteiger partial charge in [-0.05, 0) is 23.6 Å². The Morgan fingerprint density at radius 1 is 1.38 bits per heavy atom. The molecule has 2 rings (SSSR count). The van der Waals surface area contributed by atoms with Gasteiger partial charge in [-0.25, -0.2) is 0 Å².